The Morgan fingerprint density at radius 2 is 0.909 bits per heavy atom. The molecule has 0 radical (unpaired) electrons. The molecule has 0 aromatic carbocycles. The van der Waals surface area contributed by atoms with E-state index in [-0.39, 0.29) is 25.7 Å². The molecule has 0 aliphatic heterocycles. The average molecular weight is 316 g/mol. The summed E-state index contributed by atoms with van der Waals surface area (Å²) in [5.41, 5.74) is 9.33. The summed E-state index contributed by atoms with van der Waals surface area (Å²) in [6.45, 7) is 0. The number of imide groups is 4. The average Bonchev–Trinajstić information content (AvgIpc) is 2.32. The van der Waals surface area contributed by atoms with Crippen LogP contribution in [0.5, 0.6) is 0 Å². The Hall–Kier alpha value is -3.18. The zero-order valence-corrected chi connectivity index (χ0v) is 11.4. The van der Waals surface area contributed by atoms with E-state index in [1.807, 2.05) is 10.6 Å². The zero-order chi connectivity index (χ0) is 17.1. The van der Waals surface area contributed by atoms with Crippen molar-refractivity contribution in [3.63, 3.8) is 0 Å². The number of hydrogen-bond acceptors (Lipinski definition) is 6. The van der Waals surface area contributed by atoms with Gasteiger partial charge in [0.2, 0.25) is 11.8 Å². The Balaban J connectivity index is 3.79. The van der Waals surface area contributed by atoms with Crippen molar-refractivity contribution in [2.45, 2.75) is 25.7 Å². The van der Waals surface area contributed by atoms with Gasteiger partial charge >= 0.3 is 24.1 Å². The number of amides is 10. The van der Waals surface area contributed by atoms with Crippen molar-refractivity contribution in [2.75, 3.05) is 0 Å². The first-order valence-electron chi connectivity index (χ1n) is 6.01. The fourth-order valence-corrected chi connectivity index (χ4v) is 1.24. The van der Waals surface area contributed by atoms with E-state index in [2.05, 4.69) is 11.5 Å². The van der Waals surface area contributed by atoms with Gasteiger partial charge in [0.1, 0.15) is 0 Å². The largest absolute Gasteiger partial charge is 0.351 e. The fourth-order valence-electron chi connectivity index (χ4n) is 1.24. The van der Waals surface area contributed by atoms with E-state index in [1.165, 1.54) is 0 Å². The van der Waals surface area contributed by atoms with Crippen LogP contribution in [0.1, 0.15) is 25.7 Å². The highest BCUT2D eigenvalue weighted by Gasteiger charge is 2.11. The Kier molecular flexibility index (Phi) is 8.28. The smallest absolute Gasteiger partial charge is 0.329 e. The molecule has 0 saturated heterocycles. The third kappa shape index (κ3) is 10.7. The molecule has 10 amide bonds. The number of unbranched alkanes of at least 4 members (excludes halogenated alkanes) is 1. The van der Waals surface area contributed by atoms with Gasteiger partial charge in [-0.1, -0.05) is 0 Å². The van der Waals surface area contributed by atoms with Crippen molar-refractivity contribution < 1.29 is 28.8 Å². The Morgan fingerprint density at radius 3 is 1.18 bits per heavy atom. The maximum Gasteiger partial charge on any atom is 0.329 e. The monoisotopic (exact) mass is 316 g/mol. The van der Waals surface area contributed by atoms with Crippen LogP contribution in [-0.2, 0) is 9.59 Å². The Labute approximate surface area is 124 Å². The third-order valence-corrected chi connectivity index (χ3v) is 2.04. The summed E-state index contributed by atoms with van der Waals surface area (Å²) < 4.78 is 0. The minimum absolute atomic E-state index is 0.0764. The maximum atomic E-state index is 11.2. The molecule has 12 heteroatoms. The van der Waals surface area contributed by atoms with Crippen molar-refractivity contribution in [1.82, 2.24) is 21.3 Å². The SMILES string of the molecule is NC(=O)NC(=O)NC(=O)CCCCC(=O)NC(=O)NC(N)=O. The molecule has 0 saturated carbocycles. The second-order valence-electron chi connectivity index (χ2n) is 3.94. The predicted molar refractivity (Wildman–Crippen MR) is 71.0 cm³/mol. The van der Waals surface area contributed by atoms with Gasteiger partial charge in [-0.15, -0.1) is 0 Å². The summed E-state index contributed by atoms with van der Waals surface area (Å²) in [6.07, 6.45) is 0.348. The quantitative estimate of drug-likeness (QED) is 0.328. The van der Waals surface area contributed by atoms with Gasteiger partial charge in [-0.2, -0.15) is 0 Å². The van der Waals surface area contributed by atoms with E-state index in [0.29, 0.717) is 0 Å². The van der Waals surface area contributed by atoms with Crippen molar-refractivity contribution in [1.29, 1.82) is 0 Å². The van der Waals surface area contributed by atoms with Gasteiger partial charge in [0.05, 0.1) is 0 Å². The summed E-state index contributed by atoms with van der Waals surface area (Å²) in [5, 5.41) is 6.98. The van der Waals surface area contributed by atoms with Crippen LogP contribution in [0.15, 0.2) is 0 Å². The van der Waals surface area contributed by atoms with E-state index in [4.69, 9.17) is 0 Å². The van der Waals surface area contributed by atoms with Crippen LogP contribution in [-0.4, -0.2) is 35.9 Å². The second-order valence-corrected chi connectivity index (χ2v) is 3.94. The minimum atomic E-state index is -1.10. The standard InChI is InChI=1S/C10H16N6O6/c11-7(19)15-9(21)13-5(17)3-1-2-4-6(18)14-10(22)16-8(12)20/h1-4H2,(H4,11,13,15,17,19,21)(H4,12,14,16,18,20,22). The van der Waals surface area contributed by atoms with Crippen LogP contribution in [0, 0.1) is 0 Å². The van der Waals surface area contributed by atoms with Crippen LogP contribution in [0.3, 0.4) is 0 Å². The molecule has 0 heterocycles. The number of urea groups is 4. The Bertz CT molecular complexity index is 446. The molecule has 0 bridgehead atoms. The molecule has 8 N–H and O–H groups in total. The number of primary amides is 2. The molecule has 12 nitrogen and oxygen atoms in total. The lowest BCUT2D eigenvalue weighted by Gasteiger charge is -2.05. The molecule has 0 aromatic rings. The minimum Gasteiger partial charge on any atom is -0.351 e. The van der Waals surface area contributed by atoms with E-state index < -0.39 is 35.9 Å². The second kappa shape index (κ2) is 9.68. The van der Waals surface area contributed by atoms with Gasteiger partial charge in [0, 0.05) is 12.8 Å². The number of nitrogens with one attached hydrogen (secondary N) is 4. The zero-order valence-electron chi connectivity index (χ0n) is 11.4. The molecule has 122 valence electrons. The van der Waals surface area contributed by atoms with E-state index in [9.17, 15) is 28.8 Å². The highest BCUT2D eigenvalue weighted by atomic mass is 16.2. The third-order valence-electron chi connectivity index (χ3n) is 2.04. The first-order chi connectivity index (χ1) is 10.2. The van der Waals surface area contributed by atoms with Crippen molar-refractivity contribution >= 4 is 35.9 Å². The van der Waals surface area contributed by atoms with Crippen LogP contribution in [0.4, 0.5) is 19.2 Å². The highest BCUT2D eigenvalue weighted by Crippen LogP contribution is 1.99. The van der Waals surface area contributed by atoms with Gasteiger partial charge in [-0.3, -0.25) is 30.9 Å². The van der Waals surface area contributed by atoms with Gasteiger partial charge in [-0.05, 0) is 12.8 Å². The van der Waals surface area contributed by atoms with Gasteiger partial charge < -0.3 is 11.5 Å². The number of carbonyl (C=O) groups is 6. The van der Waals surface area contributed by atoms with E-state index in [1.54, 1.807) is 10.6 Å². The highest BCUT2D eigenvalue weighted by molar-refractivity contribution is 6.01. The first kappa shape index (κ1) is 18.8. The molecule has 0 atom stereocenters. The molecule has 0 spiro atoms. The van der Waals surface area contributed by atoms with Crippen molar-refractivity contribution in [3.8, 4) is 0 Å². The molecular weight excluding hydrogens is 300 g/mol. The number of nitrogens with two attached hydrogens (primary N) is 2. The summed E-state index contributed by atoms with van der Waals surface area (Å²) in [6, 6.07) is -4.29. The molecule has 0 aliphatic carbocycles. The molecule has 0 fully saturated rings. The van der Waals surface area contributed by atoms with Crippen LogP contribution >= 0.6 is 0 Å². The molecular formula is C10H16N6O6. The molecule has 0 aliphatic rings. The van der Waals surface area contributed by atoms with E-state index >= 15 is 0 Å². The van der Waals surface area contributed by atoms with Crippen molar-refractivity contribution in [2.24, 2.45) is 11.5 Å². The molecule has 0 rings (SSSR count). The maximum absolute atomic E-state index is 11.2. The lowest BCUT2D eigenvalue weighted by Crippen LogP contribution is -2.44. The first-order valence-corrected chi connectivity index (χ1v) is 6.01. The summed E-state index contributed by atoms with van der Waals surface area (Å²) in [7, 11) is 0. The summed E-state index contributed by atoms with van der Waals surface area (Å²) >= 11 is 0. The molecule has 22 heavy (non-hydrogen) atoms. The van der Waals surface area contributed by atoms with Crippen molar-refractivity contribution in [3.05, 3.63) is 0 Å². The van der Waals surface area contributed by atoms with Gasteiger partial charge in [0.25, 0.3) is 0 Å². The predicted octanol–water partition coefficient (Wildman–Crippen LogP) is -1.64. The summed E-state index contributed by atoms with van der Waals surface area (Å²) in [4.78, 5) is 65.0. The lowest BCUT2D eigenvalue weighted by atomic mass is 10.2. The van der Waals surface area contributed by atoms with Crippen LogP contribution < -0.4 is 32.7 Å². The van der Waals surface area contributed by atoms with Gasteiger partial charge in [-0.25, -0.2) is 19.2 Å². The Morgan fingerprint density at radius 1 is 0.591 bits per heavy atom. The lowest BCUT2D eigenvalue weighted by molar-refractivity contribution is -0.122. The fraction of sp³-hybridized carbons (Fsp3) is 0.400. The summed E-state index contributed by atoms with van der Waals surface area (Å²) in [5.74, 6) is -1.32. The van der Waals surface area contributed by atoms with Gasteiger partial charge in [0.15, 0.2) is 0 Å². The van der Waals surface area contributed by atoms with Crippen LogP contribution in [0.2, 0.25) is 0 Å². The normalized spacial score (nSPS) is 9.27. The number of hydrogen-bond donors (Lipinski definition) is 6. The topological polar surface area (TPSA) is 203 Å². The van der Waals surface area contributed by atoms with E-state index in [0.717, 1.165) is 0 Å². The number of rotatable bonds is 5. The molecule has 0 unspecified atom stereocenters. The molecule has 0 aromatic heterocycles. The number of carbonyl (C=O) groups excluding carboxylic acids is 6. The van der Waals surface area contributed by atoms with Crippen LogP contribution in [0.25, 0.3) is 0 Å².